The third-order valence-electron chi connectivity index (χ3n) is 5.81. The lowest BCUT2D eigenvalue weighted by molar-refractivity contribution is -0.143. The zero-order valence-corrected chi connectivity index (χ0v) is 32.6. The number of hydrogen-bond donors (Lipinski definition) is 4. The number of carbonyl (C=O) groups is 6. The molecule has 3 atom stereocenters. The summed E-state index contributed by atoms with van der Waals surface area (Å²) < 4.78 is 4.55. The summed E-state index contributed by atoms with van der Waals surface area (Å²) in [6.45, 7) is 30.5. The Kier molecular flexibility index (Phi) is 26.3. The number of amides is 5. The first-order valence-electron chi connectivity index (χ1n) is 17.1. The van der Waals surface area contributed by atoms with E-state index >= 15 is 0 Å². The van der Waals surface area contributed by atoms with Crippen LogP contribution in [0.1, 0.15) is 116 Å². The van der Waals surface area contributed by atoms with Gasteiger partial charge in [-0.3, -0.25) is 24.0 Å². The third kappa shape index (κ3) is 25.8. The Morgan fingerprint density at radius 1 is 0.959 bits per heavy atom. The third-order valence-corrected chi connectivity index (χ3v) is 5.81. The summed E-state index contributed by atoms with van der Waals surface area (Å²) in [5.74, 6) is 1.49. The Morgan fingerprint density at radius 3 is 1.88 bits per heavy atom. The number of ether oxygens (including phenoxy) is 1. The van der Waals surface area contributed by atoms with Gasteiger partial charge in [0.05, 0.1) is 6.04 Å². The molecule has 1 aliphatic rings. The van der Waals surface area contributed by atoms with Crippen LogP contribution in [-0.2, 0) is 28.7 Å². The van der Waals surface area contributed by atoms with Crippen LogP contribution in [-0.4, -0.2) is 84.3 Å². The van der Waals surface area contributed by atoms with Gasteiger partial charge in [0.15, 0.2) is 0 Å². The molecule has 12 nitrogen and oxygen atoms in total. The van der Waals surface area contributed by atoms with E-state index in [4.69, 9.17) is 6.42 Å². The summed E-state index contributed by atoms with van der Waals surface area (Å²) in [6, 6.07) is -3.28. The van der Waals surface area contributed by atoms with E-state index in [1.54, 1.807) is 6.92 Å². The predicted octanol–water partition coefficient (Wildman–Crippen LogP) is 4.76. The molecule has 2 unspecified atom stereocenters. The molecule has 1 rings (SSSR count). The van der Waals surface area contributed by atoms with E-state index in [1.807, 2.05) is 41.5 Å². The molecule has 1 heterocycles. The molecule has 1 saturated heterocycles. The van der Waals surface area contributed by atoms with Crippen LogP contribution in [0.15, 0.2) is 12.7 Å². The number of Topliss-reactive ketones (excluding diaryl/α,β-unsaturated/α-hetero) is 1. The molecule has 0 radical (unpaired) electrons. The molecule has 0 aromatic carbocycles. The second kappa shape index (κ2) is 26.0. The van der Waals surface area contributed by atoms with Crippen LogP contribution in [0.25, 0.3) is 0 Å². The maximum absolute atomic E-state index is 13.4. The quantitative estimate of drug-likeness (QED) is 0.0991. The van der Waals surface area contributed by atoms with Crippen molar-refractivity contribution in [3.05, 3.63) is 12.7 Å². The standard InChI is InChI=1S/C24H37N5O5.C5H10O2.2C4H10/c1-7-10-12-16(18(30)21(32)26-14-8-2)27-20(31)17-13-11-15-29(17)22(33)19(24(4,5)6)28-23(34)25-9-3;1-5(2,3)7-4-6;2*1-4(2)3/h1,8,16-17,19H,2,9-15H2,3-6H3,(H,26,32)(H,27,31)(H2,25,28,34);4H,1-3H3;2*4H,1-3H3/t16?,17-,19?;;;/m0.../s1. The fourth-order valence-electron chi connectivity index (χ4n) is 3.78. The van der Waals surface area contributed by atoms with Gasteiger partial charge in [-0.25, -0.2) is 4.79 Å². The van der Waals surface area contributed by atoms with Crippen molar-refractivity contribution in [2.45, 2.75) is 139 Å². The maximum Gasteiger partial charge on any atom is 0.315 e. The van der Waals surface area contributed by atoms with Crippen LogP contribution in [0, 0.1) is 29.6 Å². The molecule has 4 N–H and O–H groups in total. The van der Waals surface area contributed by atoms with Gasteiger partial charge < -0.3 is 30.9 Å². The topological polar surface area (TPSA) is 163 Å². The molecular formula is C37H67N5O7. The summed E-state index contributed by atoms with van der Waals surface area (Å²) in [5, 5.41) is 10.3. The molecule has 0 bridgehead atoms. The van der Waals surface area contributed by atoms with Gasteiger partial charge in [0.1, 0.15) is 17.7 Å². The van der Waals surface area contributed by atoms with E-state index in [0.717, 1.165) is 11.8 Å². The molecule has 5 amide bonds. The molecule has 1 fully saturated rings. The first kappa shape index (κ1) is 49.5. The first-order valence-corrected chi connectivity index (χ1v) is 17.1. The fraction of sp³-hybridized carbons (Fsp3) is 0.730. The lowest BCUT2D eigenvalue weighted by atomic mass is 9.85. The number of ketones is 1. The number of nitrogens with zero attached hydrogens (tertiary/aromatic N) is 1. The average molecular weight is 694 g/mol. The lowest BCUT2D eigenvalue weighted by Crippen LogP contribution is -2.60. The Bertz CT molecular complexity index is 1060. The van der Waals surface area contributed by atoms with Crippen molar-refractivity contribution in [2.75, 3.05) is 19.6 Å². The van der Waals surface area contributed by atoms with Gasteiger partial charge in [-0.2, -0.15) is 0 Å². The SMILES string of the molecule is C#CCCC(NC(=O)[C@@H]1CCCN1C(=O)C(NC(=O)NCC)C(C)(C)C)C(=O)C(=O)NCC=C.CC(C)(C)OC=O.CC(C)C.CC(C)C. The highest BCUT2D eigenvalue weighted by molar-refractivity contribution is 6.38. The highest BCUT2D eigenvalue weighted by Crippen LogP contribution is 2.26. The van der Waals surface area contributed by atoms with Crippen molar-refractivity contribution in [3.8, 4) is 12.3 Å². The number of rotatable bonds is 12. The van der Waals surface area contributed by atoms with Crippen LogP contribution in [0.4, 0.5) is 4.79 Å². The molecular weight excluding hydrogens is 626 g/mol. The van der Waals surface area contributed by atoms with Gasteiger partial charge in [-0.05, 0) is 64.2 Å². The highest BCUT2D eigenvalue weighted by atomic mass is 16.5. The van der Waals surface area contributed by atoms with E-state index < -0.39 is 47.2 Å². The zero-order chi connectivity index (χ0) is 39.0. The van der Waals surface area contributed by atoms with E-state index in [1.165, 1.54) is 11.0 Å². The number of nitrogens with one attached hydrogen (secondary N) is 4. The molecule has 0 aromatic rings. The van der Waals surface area contributed by atoms with E-state index in [-0.39, 0.29) is 30.9 Å². The Morgan fingerprint density at radius 2 is 1.49 bits per heavy atom. The van der Waals surface area contributed by atoms with Gasteiger partial charge in [0, 0.05) is 26.1 Å². The Hall–Kier alpha value is -3.88. The lowest BCUT2D eigenvalue weighted by Gasteiger charge is -2.35. The van der Waals surface area contributed by atoms with Crippen molar-refractivity contribution in [3.63, 3.8) is 0 Å². The van der Waals surface area contributed by atoms with E-state index in [0.29, 0.717) is 32.4 Å². The minimum absolute atomic E-state index is 0.0899. The molecule has 49 heavy (non-hydrogen) atoms. The number of terminal acetylenes is 1. The van der Waals surface area contributed by atoms with Gasteiger partial charge in [-0.15, -0.1) is 18.9 Å². The molecule has 0 spiro atoms. The summed E-state index contributed by atoms with van der Waals surface area (Å²) in [7, 11) is 0. The Labute approximate surface area is 296 Å². The van der Waals surface area contributed by atoms with Crippen LogP contribution in [0.2, 0.25) is 0 Å². The van der Waals surface area contributed by atoms with E-state index in [9.17, 15) is 28.8 Å². The average Bonchev–Trinajstić information content (AvgIpc) is 3.45. The van der Waals surface area contributed by atoms with Gasteiger partial charge in [-0.1, -0.05) is 68.4 Å². The smallest absolute Gasteiger partial charge is 0.315 e. The molecule has 0 aromatic heterocycles. The minimum atomic E-state index is -1.11. The molecule has 12 heteroatoms. The molecule has 282 valence electrons. The number of carbonyl (C=O) groups excluding carboxylic acids is 6. The normalized spacial score (nSPS) is 14.8. The summed E-state index contributed by atoms with van der Waals surface area (Å²) >= 11 is 0. The van der Waals surface area contributed by atoms with Gasteiger partial charge >= 0.3 is 6.03 Å². The van der Waals surface area contributed by atoms with Crippen molar-refractivity contribution in [1.29, 1.82) is 0 Å². The second-order valence-electron chi connectivity index (χ2n) is 14.9. The van der Waals surface area contributed by atoms with Crippen LogP contribution < -0.4 is 21.3 Å². The van der Waals surface area contributed by atoms with Crippen LogP contribution >= 0.6 is 0 Å². The first-order chi connectivity index (χ1) is 22.5. The van der Waals surface area contributed by atoms with E-state index in [2.05, 4.69) is 80.0 Å². The fourth-order valence-corrected chi connectivity index (χ4v) is 3.78. The molecule has 0 aliphatic carbocycles. The van der Waals surface area contributed by atoms with Crippen LogP contribution in [0.5, 0.6) is 0 Å². The van der Waals surface area contributed by atoms with Gasteiger partial charge in [0.2, 0.25) is 17.6 Å². The number of urea groups is 1. The monoisotopic (exact) mass is 694 g/mol. The van der Waals surface area contributed by atoms with Crippen molar-refractivity contribution < 1.29 is 33.5 Å². The predicted molar refractivity (Wildman–Crippen MR) is 196 cm³/mol. The molecule has 0 saturated carbocycles. The summed E-state index contributed by atoms with van der Waals surface area (Å²) in [5.41, 5.74) is -0.929. The summed E-state index contributed by atoms with van der Waals surface area (Å²) in [6.07, 6.45) is 7.99. The minimum Gasteiger partial charge on any atom is -0.462 e. The summed E-state index contributed by atoms with van der Waals surface area (Å²) in [4.78, 5) is 74.4. The number of hydrogen-bond acceptors (Lipinski definition) is 7. The maximum atomic E-state index is 13.4. The largest absolute Gasteiger partial charge is 0.462 e. The van der Waals surface area contributed by atoms with Gasteiger partial charge in [0.25, 0.3) is 12.4 Å². The number of likely N-dealkylation sites (tertiary alicyclic amines) is 1. The molecule has 1 aliphatic heterocycles. The zero-order valence-electron chi connectivity index (χ0n) is 32.6. The second-order valence-corrected chi connectivity index (χ2v) is 14.9. The van der Waals surface area contributed by atoms with Crippen LogP contribution in [0.3, 0.4) is 0 Å². The van der Waals surface area contributed by atoms with Crippen molar-refractivity contribution >= 4 is 36.0 Å². The Balaban J connectivity index is -0.00000117. The van der Waals surface area contributed by atoms with Crippen molar-refractivity contribution in [2.24, 2.45) is 17.3 Å². The highest BCUT2D eigenvalue weighted by Gasteiger charge is 2.42. The van der Waals surface area contributed by atoms with Crippen molar-refractivity contribution in [1.82, 2.24) is 26.2 Å².